The van der Waals surface area contributed by atoms with E-state index in [2.05, 4.69) is 33.8 Å². The van der Waals surface area contributed by atoms with Crippen molar-refractivity contribution in [3.63, 3.8) is 0 Å². The average Bonchev–Trinajstić information content (AvgIpc) is 3.13. The second-order valence-corrected chi connectivity index (χ2v) is 7.61. The number of alkyl halides is 2. The van der Waals surface area contributed by atoms with E-state index in [9.17, 15) is 18.4 Å². The van der Waals surface area contributed by atoms with Crippen molar-refractivity contribution in [3.8, 4) is 11.5 Å². The van der Waals surface area contributed by atoms with Gasteiger partial charge in [0.15, 0.2) is 11.5 Å². The summed E-state index contributed by atoms with van der Waals surface area (Å²) in [6.45, 7) is 1.93. The number of nitrogens with zero attached hydrogens (tertiary/aromatic N) is 1. The zero-order chi connectivity index (χ0) is 23.3. The van der Waals surface area contributed by atoms with Crippen LogP contribution >= 0.6 is 0 Å². The molecule has 32 heavy (non-hydrogen) atoms. The summed E-state index contributed by atoms with van der Waals surface area (Å²) in [4.78, 5) is 24.6. The molecule has 0 radical (unpaired) electrons. The second-order valence-electron chi connectivity index (χ2n) is 7.61. The number of fused-ring (bicyclic) bond motifs is 1. The van der Waals surface area contributed by atoms with Gasteiger partial charge in [0.2, 0.25) is 5.91 Å². The number of ether oxygens (including phenoxy) is 2. The third-order valence-corrected chi connectivity index (χ3v) is 4.67. The number of hydrogen-bond acceptors (Lipinski definition) is 4. The van der Waals surface area contributed by atoms with Gasteiger partial charge in [-0.3, -0.25) is 9.59 Å². The monoisotopic (exact) mass is 445 g/mol. The first-order valence-corrected chi connectivity index (χ1v) is 10.1. The predicted molar refractivity (Wildman–Crippen MR) is 117 cm³/mol. The van der Waals surface area contributed by atoms with E-state index in [0.717, 1.165) is 17.4 Å². The summed E-state index contributed by atoms with van der Waals surface area (Å²) in [6, 6.07) is 11.4. The van der Waals surface area contributed by atoms with Gasteiger partial charge < -0.3 is 24.7 Å². The van der Waals surface area contributed by atoms with Crippen LogP contribution in [-0.4, -0.2) is 36.6 Å². The number of nitrogens with one attached hydrogen (secondary N) is 2. The Bertz CT molecular complexity index is 1110. The third-order valence-electron chi connectivity index (χ3n) is 4.67. The van der Waals surface area contributed by atoms with Crippen molar-refractivity contribution in [2.24, 2.45) is 5.92 Å². The number of anilines is 1. The van der Waals surface area contributed by atoms with Crippen molar-refractivity contribution >= 4 is 28.4 Å². The van der Waals surface area contributed by atoms with Crippen molar-refractivity contribution in [2.75, 3.05) is 19.0 Å². The summed E-state index contributed by atoms with van der Waals surface area (Å²) < 4.78 is 36.3. The van der Waals surface area contributed by atoms with Crippen LogP contribution < -0.4 is 20.1 Å². The lowest BCUT2D eigenvalue weighted by Gasteiger charge is -2.12. The molecule has 7 nitrogen and oxygen atoms in total. The maximum absolute atomic E-state index is 12.4. The van der Waals surface area contributed by atoms with E-state index in [-0.39, 0.29) is 23.6 Å². The van der Waals surface area contributed by atoms with E-state index < -0.39 is 18.4 Å². The number of carbonyl (C=O) groups is 2. The van der Waals surface area contributed by atoms with Crippen LogP contribution in [0, 0.1) is 5.92 Å². The van der Waals surface area contributed by atoms with Gasteiger partial charge in [0.1, 0.15) is 0 Å². The molecule has 170 valence electrons. The number of amides is 2. The van der Waals surface area contributed by atoms with Gasteiger partial charge in [0, 0.05) is 34.9 Å². The molecule has 2 aromatic carbocycles. The quantitative estimate of drug-likeness (QED) is 0.515. The molecule has 0 aliphatic rings. The standard InChI is InChI=1S/C23H25F2N3O4/c1-14(2)13-28-9-8-15-10-17(5-6-18(15)28)27-21(29)12-26-22(30)16-4-7-19(32-23(24)25)20(11-16)31-3/h4-11,14,23H,12-13H2,1-3H3,(H,26,30)(H,27,29). The van der Waals surface area contributed by atoms with Crippen molar-refractivity contribution in [1.82, 2.24) is 9.88 Å². The first kappa shape index (κ1) is 23.1. The molecule has 0 bridgehead atoms. The highest BCUT2D eigenvalue weighted by molar-refractivity contribution is 6.00. The largest absolute Gasteiger partial charge is 0.493 e. The normalized spacial score (nSPS) is 11.1. The van der Waals surface area contributed by atoms with Gasteiger partial charge in [0.25, 0.3) is 5.91 Å². The SMILES string of the molecule is COc1cc(C(=O)NCC(=O)Nc2ccc3c(ccn3CC(C)C)c2)ccc1OC(F)F. The molecule has 0 atom stereocenters. The Balaban J connectivity index is 1.59. The molecule has 0 saturated carbocycles. The molecule has 3 aromatic rings. The fourth-order valence-electron chi connectivity index (χ4n) is 3.30. The van der Waals surface area contributed by atoms with E-state index in [1.54, 1.807) is 0 Å². The Labute approximate surface area is 184 Å². The molecular weight excluding hydrogens is 420 g/mol. The zero-order valence-corrected chi connectivity index (χ0v) is 18.0. The molecule has 0 unspecified atom stereocenters. The van der Waals surface area contributed by atoms with Crippen LogP contribution in [0.2, 0.25) is 0 Å². The van der Waals surface area contributed by atoms with Crippen LogP contribution in [0.5, 0.6) is 11.5 Å². The average molecular weight is 445 g/mol. The fourth-order valence-corrected chi connectivity index (χ4v) is 3.30. The van der Waals surface area contributed by atoms with E-state index >= 15 is 0 Å². The Morgan fingerprint density at radius 3 is 2.53 bits per heavy atom. The van der Waals surface area contributed by atoms with Crippen LogP contribution in [0.15, 0.2) is 48.7 Å². The summed E-state index contributed by atoms with van der Waals surface area (Å²) in [5.41, 5.74) is 1.84. The van der Waals surface area contributed by atoms with Crippen LogP contribution in [0.25, 0.3) is 10.9 Å². The molecular formula is C23H25F2N3O4. The summed E-state index contributed by atoms with van der Waals surface area (Å²) in [6.07, 6.45) is 2.02. The molecule has 1 heterocycles. The summed E-state index contributed by atoms with van der Waals surface area (Å²) in [7, 11) is 1.27. The topological polar surface area (TPSA) is 81.6 Å². The van der Waals surface area contributed by atoms with E-state index in [0.29, 0.717) is 11.6 Å². The van der Waals surface area contributed by atoms with Crippen molar-refractivity contribution < 1.29 is 27.8 Å². The van der Waals surface area contributed by atoms with Gasteiger partial charge in [-0.1, -0.05) is 13.8 Å². The van der Waals surface area contributed by atoms with Crippen molar-refractivity contribution in [1.29, 1.82) is 0 Å². The van der Waals surface area contributed by atoms with Crippen LogP contribution in [0.1, 0.15) is 24.2 Å². The highest BCUT2D eigenvalue weighted by Crippen LogP contribution is 2.29. The smallest absolute Gasteiger partial charge is 0.387 e. The molecule has 3 rings (SSSR count). The summed E-state index contributed by atoms with van der Waals surface area (Å²) in [5, 5.41) is 6.25. The second kappa shape index (κ2) is 10.1. The van der Waals surface area contributed by atoms with Gasteiger partial charge >= 0.3 is 6.61 Å². The fraction of sp³-hybridized carbons (Fsp3) is 0.304. The molecule has 2 amide bonds. The first-order chi connectivity index (χ1) is 15.3. The minimum absolute atomic E-state index is 0.0138. The maximum Gasteiger partial charge on any atom is 0.387 e. The molecule has 0 saturated heterocycles. The summed E-state index contributed by atoms with van der Waals surface area (Å²) in [5.74, 6) is -0.636. The molecule has 0 fully saturated rings. The van der Waals surface area contributed by atoms with Crippen molar-refractivity contribution in [2.45, 2.75) is 27.0 Å². The maximum atomic E-state index is 12.4. The Morgan fingerprint density at radius 1 is 1.06 bits per heavy atom. The minimum atomic E-state index is -3.01. The molecule has 1 aromatic heterocycles. The molecule has 0 spiro atoms. The third kappa shape index (κ3) is 5.75. The number of benzene rings is 2. The minimum Gasteiger partial charge on any atom is -0.493 e. The number of methoxy groups -OCH3 is 1. The Kier molecular flexibility index (Phi) is 7.29. The lowest BCUT2D eigenvalue weighted by atomic mass is 10.2. The molecule has 0 aliphatic heterocycles. The number of rotatable bonds is 9. The number of carbonyl (C=O) groups excluding carboxylic acids is 2. The van der Waals surface area contributed by atoms with E-state index in [4.69, 9.17) is 4.74 Å². The van der Waals surface area contributed by atoms with Gasteiger partial charge in [-0.15, -0.1) is 0 Å². The van der Waals surface area contributed by atoms with Crippen molar-refractivity contribution in [3.05, 3.63) is 54.2 Å². The van der Waals surface area contributed by atoms with Gasteiger partial charge in [0.05, 0.1) is 13.7 Å². The van der Waals surface area contributed by atoms with Crippen LogP contribution in [0.3, 0.4) is 0 Å². The molecule has 2 N–H and O–H groups in total. The Hall–Kier alpha value is -3.62. The number of hydrogen-bond donors (Lipinski definition) is 2. The lowest BCUT2D eigenvalue weighted by Crippen LogP contribution is -2.32. The zero-order valence-electron chi connectivity index (χ0n) is 18.0. The Morgan fingerprint density at radius 2 is 1.84 bits per heavy atom. The first-order valence-electron chi connectivity index (χ1n) is 10.1. The highest BCUT2D eigenvalue weighted by atomic mass is 19.3. The van der Waals surface area contributed by atoms with Gasteiger partial charge in [-0.2, -0.15) is 8.78 Å². The molecule has 0 aliphatic carbocycles. The lowest BCUT2D eigenvalue weighted by molar-refractivity contribution is -0.115. The highest BCUT2D eigenvalue weighted by Gasteiger charge is 2.15. The molecule has 9 heteroatoms. The van der Waals surface area contributed by atoms with Gasteiger partial charge in [-0.05, 0) is 48.4 Å². The summed E-state index contributed by atoms with van der Waals surface area (Å²) >= 11 is 0. The van der Waals surface area contributed by atoms with Crippen LogP contribution in [0.4, 0.5) is 14.5 Å². The number of halogens is 2. The van der Waals surface area contributed by atoms with Gasteiger partial charge in [-0.25, -0.2) is 0 Å². The van der Waals surface area contributed by atoms with E-state index in [1.807, 2.05) is 30.5 Å². The van der Waals surface area contributed by atoms with Crippen LogP contribution in [-0.2, 0) is 11.3 Å². The predicted octanol–water partition coefficient (Wildman–Crippen LogP) is 4.28. The van der Waals surface area contributed by atoms with E-state index in [1.165, 1.54) is 25.3 Å². The number of aromatic nitrogens is 1.